The molecule has 0 amide bonds. The Kier molecular flexibility index (Phi) is 44.1. The molecule has 1 saturated heterocycles. The zero-order valence-corrected chi connectivity index (χ0v) is 45.0. The van der Waals surface area contributed by atoms with E-state index < -0.39 is 67.3 Å². The molecular formula is C59H102O12. The van der Waals surface area contributed by atoms with Gasteiger partial charge in [-0.2, -0.15) is 0 Å². The molecule has 1 fully saturated rings. The summed E-state index contributed by atoms with van der Waals surface area (Å²) < 4.78 is 28.3. The highest BCUT2D eigenvalue weighted by atomic mass is 16.7. The van der Waals surface area contributed by atoms with Gasteiger partial charge in [-0.15, -0.1) is 0 Å². The number of aliphatic carboxylic acids is 1. The number of aliphatic hydroxyl groups is 2. The van der Waals surface area contributed by atoms with Gasteiger partial charge in [0, 0.05) is 19.3 Å². The molecule has 3 N–H and O–H groups in total. The standard InChI is InChI=1S/C59H102O12/c1-4-7-10-13-16-19-22-24-26-28-31-33-36-39-42-45-51(60)67-48-50(69-52(61)46-43-40-37-34-30-21-18-15-12-9-6-3)49-68-59-57(55(64)54(63)56(71-59)58(65)66)70-53(62)47-44-41-38-35-32-29-27-25-23-20-17-14-11-8-5-2/h7,10,16,19,24,26,31,33,50,54-57,59,63-64H,4-6,8-9,11-15,17-18,20-23,25,27-30,32,34-49H2,1-3H3,(H,65,66)/b10-7-,19-16-,26-24-,33-31-. The molecule has 0 aromatic carbocycles. The smallest absolute Gasteiger partial charge is 0.335 e. The maximum atomic E-state index is 13.1. The molecule has 6 atom stereocenters. The molecule has 1 rings (SSSR count). The Morgan fingerprint density at radius 1 is 0.479 bits per heavy atom. The Balaban J connectivity index is 2.71. The quantitative estimate of drug-likeness (QED) is 0.0228. The minimum atomic E-state index is -1.90. The third-order valence-corrected chi connectivity index (χ3v) is 12.9. The molecule has 410 valence electrons. The summed E-state index contributed by atoms with van der Waals surface area (Å²) >= 11 is 0. The van der Waals surface area contributed by atoms with Crippen LogP contribution in [0.2, 0.25) is 0 Å². The Bertz CT molecular complexity index is 1420. The number of allylic oxidation sites excluding steroid dienone is 8. The van der Waals surface area contributed by atoms with Crippen molar-refractivity contribution in [1.82, 2.24) is 0 Å². The van der Waals surface area contributed by atoms with E-state index in [-0.39, 0.29) is 25.9 Å². The molecule has 0 aromatic heterocycles. The van der Waals surface area contributed by atoms with E-state index in [1.54, 1.807) is 0 Å². The highest BCUT2D eigenvalue weighted by molar-refractivity contribution is 5.74. The van der Waals surface area contributed by atoms with Gasteiger partial charge in [-0.1, -0.05) is 223 Å². The molecule has 0 aliphatic carbocycles. The van der Waals surface area contributed by atoms with Crippen molar-refractivity contribution in [1.29, 1.82) is 0 Å². The first-order valence-electron chi connectivity index (χ1n) is 28.6. The van der Waals surface area contributed by atoms with Crippen molar-refractivity contribution in [2.45, 2.75) is 289 Å². The van der Waals surface area contributed by atoms with Crippen LogP contribution in [0.5, 0.6) is 0 Å². The largest absolute Gasteiger partial charge is 0.479 e. The number of unbranched alkanes of at least 4 members (excludes halogenated alkanes) is 26. The average Bonchev–Trinajstić information content (AvgIpc) is 3.35. The first kappa shape index (κ1) is 65.7. The fraction of sp³-hybridized carbons (Fsp3) is 0.797. The van der Waals surface area contributed by atoms with Crippen LogP contribution >= 0.6 is 0 Å². The molecule has 0 saturated carbocycles. The normalized spacial score (nSPS) is 18.8. The van der Waals surface area contributed by atoms with Crippen LogP contribution in [0, 0.1) is 0 Å². The number of hydrogen-bond acceptors (Lipinski definition) is 11. The molecule has 1 heterocycles. The van der Waals surface area contributed by atoms with Crippen LogP contribution < -0.4 is 0 Å². The number of carbonyl (C=O) groups excluding carboxylic acids is 3. The highest BCUT2D eigenvalue weighted by Gasteiger charge is 2.50. The summed E-state index contributed by atoms with van der Waals surface area (Å²) in [5, 5.41) is 31.4. The molecule has 71 heavy (non-hydrogen) atoms. The van der Waals surface area contributed by atoms with E-state index in [4.69, 9.17) is 23.7 Å². The minimum absolute atomic E-state index is 0.0608. The Hall–Kier alpha value is -3.32. The predicted octanol–water partition coefficient (Wildman–Crippen LogP) is 14.2. The molecule has 0 radical (unpaired) electrons. The molecular weight excluding hydrogens is 901 g/mol. The average molecular weight is 1000 g/mol. The van der Waals surface area contributed by atoms with Crippen LogP contribution in [0.4, 0.5) is 0 Å². The third-order valence-electron chi connectivity index (χ3n) is 12.9. The van der Waals surface area contributed by atoms with Gasteiger partial charge in [0.05, 0.1) is 6.61 Å². The van der Waals surface area contributed by atoms with Gasteiger partial charge in [0.25, 0.3) is 0 Å². The van der Waals surface area contributed by atoms with Crippen molar-refractivity contribution in [3.63, 3.8) is 0 Å². The summed E-state index contributed by atoms with van der Waals surface area (Å²) in [6.45, 7) is 5.84. The van der Waals surface area contributed by atoms with Crippen molar-refractivity contribution in [3.8, 4) is 0 Å². The van der Waals surface area contributed by atoms with Crippen LogP contribution in [0.1, 0.15) is 252 Å². The van der Waals surface area contributed by atoms with Crippen molar-refractivity contribution in [3.05, 3.63) is 48.6 Å². The Labute approximate surface area is 431 Å². The van der Waals surface area contributed by atoms with Crippen LogP contribution in [0.3, 0.4) is 0 Å². The van der Waals surface area contributed by atoms with Crippen molar-refractivity contribution < 1.29 is 58.2 Å². The monoisotopic (exact) mass is 1000 g/mol. The first-order valence-corrected chi connectivity index (χ1v) is 28.6. The van der Waals surface area contributed by atoms with Gasteiger partial charge in [0.1, 0.15) is 18.8 Å². The lowest BCUT2D eigenvalue weighted by atomic mass is 9.98. The van der Waals surface area contributed by atoms with Crippen molar-refractivity contribution >= 4 is 23.9 Å². The maximum absolute atomic E-state index is 13.1. The van der Waals surface area contributed by atoms with Gasteiger partial charge in [-0.05, 0) is 57.8 Å². The molecule has 1 aliphatic rings. The Morgan fingerprint density at radius 2 is 0.887 bits per heavy atom. The highest BCUT2D eigenvalue weighted by Crippen LogP contribution is 2.26. The second-order valence-corrected chi connectivity index (χ2v) is 19.6. The zero-order valence-electron chi connectivity index (χ0n) is 45.0. The lowest BCUT2D eigenvalue weighted by Gasteiger charge is -2.40. The van der Waals surface area contributed by atoms with E-state index in [0.29, 0.717) is 19.3 Å². The number of carbonyl (C=O) groups is 4. The molecule has 0 aromatic rings. The van der Waals surface area contributed by atoms with Crippen LogP contribution in [-0.4, -0.2) is 89.2 Å². The second-order valence-electron chi connectivity index (χ2n) is 19.6. The van der Waals surface area contributed by atoms with Gasteiger partial charge in [-0.25, -0.2) is 4.79 Å². The van der Waals surface area contributed by atoms with Gasteiger partial charge in [-0.3, -0.25) is 14.4 Å². The number of ether oxygens (including phenoxy) is 5. The molecule has 12 heteroatoms. The summed E-state index contributed by atoms with van der Waals surface area (Å²) in [5.41, 5.74) is 0. The predicted molar refractivity (Wildman–Crippen MR) is 285 cm³/mol. The van der Waals surface area contributed by atoms with Gasteiger partial charge in [0.2, 0.25) is 0 Å². The zero-order chi connectivity index (χ0) is 51.8. The van der Waals surface area contributed by atoms with Crippen LogP contribution in [0.25, 0.3) is 0 Å². The summed E-state index contributed by atoms with van der Waals surface area (Å²) in [6, 6.07) is 0. The summed E-state index contributed by atoms with van der Waals surface area (Å²) in [6.07, 6.45) is 43.8. The topological polar surface area (TPSA) is 175 Å². The molecule has 0 bridgehead atoms. The Morgan fingerprint density at radius 3 is 1.35 bits per heavy atom. The van der Waals surface area contributed by atoms with E-state index in [2.05, 4.69) is 69.4 Å². The number of carboxylic acids is 1. The van der Waals surface area contributed by atoms with Crippen molar-refractivity contribution in [2.75, 3.05) is 13.2 Å². The number of carboxylic acid groups (broad SMARTS) is 1. The number of aliphatic hydroxyl groups excluding tert-OH is 2. The van der Waals surface area contributed by atoms with Crippen molar-refractivity contribution in [2.24, 2.45) is 0 Å². The fourth-order valence-electron chi connectivity index (χ4n) is 8.54. The van der Waals surface area contributed by atoms with E-state index in [1.165, 1.54) is 109 Å². The van der Waals surface area contributed by atoms with Crippen LogP contribution in [0.15, 0.2) is 48.6 Å². The number of rotatable bonds is 48. The number of hydrogen-bond donors (Lipinski definition) is 3. The molecule has 1 aliphatic heterocycles. The van der Waals surface area contributed by atoms with Crippen LogP contribution in [-0.2, 0) is 42.9 Å². The van der Waals surface area contributed by atoms with E-state index in [0.717, 1.165) is 83.5 Å². The van der Waals surface area contributed by atoms with Gasteiger partial charge < -0.3 is 39.0 Å². The second kappa shape index (κ2) is 47.7. The minimum Gasteiger partial charge on any atom is -0.479 e. The van der Waals surface area contributed by atoms with E-state index in [9.17, 15) is 34.5 Å². The molecule has 12 nitrogen and oxygen atoms in total. The van der Waals surface area contributed by atoms with E-state index in [1.807, 2.05) is 0 Å². The first-order chi connectivity index (χ1) is 34.6. The lowest BCUT2D eigenvalue weighted by Crippen LogP contribution is -2.61. The summed E-state index contributed by atoms with van der Waals surface area (Å²) in [5.74, 6) is -3.16. The third kappa shape index (κ3) is 38.0. The van der Waals surface area contributed by atoms with E-state index >= 15 is 0 Å². The summed E-state index contributed by atoms with van der Waals surface area (Å²) in [4.78, 5) is 51.0. The summed E-state index contributed by atoms with van der Waals surface area (Å²) in [7, 11) is 0. The van der Waals surface area contributed by atoms with Gasteiger partial charge >= 0.3 is 23.9 Å². The lowest BCUT2D eigenvalue weighted by molar-refractivity contribution is -0.301. The SMILES string of the molecule is CC/C=C\C/C=C\C/C=C\C/C=C\CCCCC(=O)OCC(COC1OC(C(=O)O)C(O)C(O)C1OC(=O)CCCCCCCCCCCCCCCCC)OC(=O)CCCCCCCCCCCCC. The maximum Gasteiger partial charge on any atom is 0.335 e. The fourth-order valence-corrected chi connectivity index (χ4v) is 8.54. The van der Waals surface area contributed by atoms with Gasteiger partial charge in [0.15, 0.2) is 24.6 Å². The molecule has 0 spiro atoms. The number of esters is 3. The molecule has 6 unspecified atom stereocenters.